The number of hydrogen-bond donors (Lipinski definition) is 1. The zero-order chi connectivity index (χ0) is 20.9. The van der Waals surface area contributed by atoms with Gasteiger partial charge in [0.15, 0.2) is 5.96 Å². The number of likely N-dealkylation sites (tertiary alicyclic amines) is 1. The van der Waals surface area contributed by atoms with Gasteiger partial charge in [-0.25, -0.2) is 0 Å². The summed E-state index contributed by atoms with van der Waals surface area (Å²) < 4.78 is 45.0. The van der Waals surface area contributed by atoms with Gasteiger partial charge in [-0.1, -0.05) is 12.1 Å². The van der Waals surface area contributed by atoms with E-state index in [-0.39, 0.29) is 24.0 Å². The predicted molar refractivity (Wildman–Crippen MR) is 123 cm³/mol. The molecular weight excluding hydrogens is 508 g/mol. The highest BCUT2D eigenvalue weighted by molar-refractivity contribution is 14.0. The van der Waals surface area contributed by atoms with E-state index in [1.54, 1.807) is 6.07 Å². The van der Waals surface area contributed by atoms with E-state index >= 15 is 0 Å². The Bertz CT molecular complexity index is 693. The van der Waals surface area contributed by atoms with E-state index in [1.165, 1.54) is 12.1 Å². The molecule has 0 aromatic heterocycles. The van der Waals surface area contributed by atoms with E-state index < -0.39 is 17.8 Å². The van der Waals surface area contributed by atoms with Crippen molar-refractivity contribution in [2.24, 2.45) is 10.9 Å². The Kier molecular flexibility index (Phi) is 9.67. The number of morpholine rings is 1. The van der Waals surface area contributed by atoms with Gasteiger partial charge in [-0.3, -0.25) is 4.99 Å². The van der Waals surface area contributed by atoms with Crippen LogP contribution in [0.2, 0.25) is 0 Å². The summed E-state index contributed by atoms with van der Waals surface area (Å²) in [6.07, 6.45) is -2.46. The van der Waals surface area contributed by atoms with Crippen LogP contribution < -0.4 is 5.32 Å². The minimum absolute atomic E-state index is 0. The molecule has 2 fully saturated rings. The molecule has 1 aromatic rings. The first-order valence-corrected chi connectivity index (χ1v) is 10.4. The molecule has 3 rings (SSSR count). The van der Waals surface area contributed by atoms with Crippen LogP contribution in [-0.4, -0.2) is 68.7 Å². The number of piperidine rings is 1. The molecule has 2 aliphatic heterocycles. The average Bonchev–Trinajstić information content (AvgIpc) is 2.72. The van der Waals surface area contributed by atoms with Gasteiger partial charge in [0.05, 0.1) is 18.7 Å². The Labute approximate surface area is 194 Å². The summed E-state index contributed by atoms with van der Waals surface area (Å²) in [6.45, 7) is 7.38. The molecule has 1 aromatic carbocycles. The fourth-order valence-electron chi connectivity index (χ4n) is 3.84. The highest BCUT2D eigenvalue weighted by Crippen LogP contribution is 2.32. The zero-order valence-corrected chi connectivity index (χ0v) is 20.0. The number of alkyl halides is 3. The first kappa shape index (κ1) is 25.2. The topological polar surface area (TPSA) is 40.1 Å². The Morgan fingerprint density at radius 3 is 2.63 bits per heavy atom. The molecule has 2 heterocycles. The van der Waals surface area contributed by atoms with Crippen molar-refractivity contribution in [2.75, 3.05) is 52.9 Å². The van der Waals surface area contributed by atoms with Crippen molar-refractivity contribution in [1.29, 1.82) is 0 Å². The maximum absolute atomic E-state index is 13.1. The third kappa shape index (κ3) is 6.98. The number of guanidine groups is 1. The van der Waals surface area contributed by atoms with Crippen molar-refractivity contribution in [3.8, 4) is 0 Å². The largest absolute Gasteiger partial charge is 0.416 e. The molecule has 1 atom stereocenters. The van der Waals surface area contributed by atoms with Crippen molar-refractivity contribution in [2.45, 2.75) is 32.0 Å². The fourth-order valence-corrected chi connectivity index (χ4v) is 3.84. The Morgan fingerprint density at radius 2 is 1.97 bits per heavy atom. The lowest BCUT2D eigenvalue weighted by atomic mass is 9.97. The normalized spacial score (nSPS) is 22.0. The number of halogens is 4. The molecule has 30 heavy (non-hydrogen) atoms. The van der Waals surface area contributed by atoms with Crippen molar-refractivity contribution in [1.82, 2.24) is 15.1 Å². The van der Waals surface area contributed by atoms with Gasteiger partial charge in [-0.05, 0) is 63.5 Å². The smallest absolute Gasteiger partial charge is 0.370 e. The van der Waals surface area contributed by atoms with Gasteiger partial charge in [-0.2, -0.15) is 13.2 Å². The summed E-state index contributed by atoms with van der Waals surface area (Å²) in [5.41, 5.74) is -0.0887. The summed E-state index contributed by atoms with van der Waals surface area (Å²) >= 11 is 0. The molecule has 9 heteroatoms. The minimum atomic E-state index is -4.35. The highest BCUT2D eigenvalue weighted by atomic mass is 127. The predicted octanol–water partition coefficient (Wildman–Crippen LogP) is 4.00. The molecule has 0 aliphatic carbocycles. The lowest BCUT2D eigenvalue weighted by Crippen LogP contribution is -2.48. The number of rotatable bonds is 4. The monoisotopic (exact) mass is 540 g/mol. The molecule has 1 N–H and O–H groups in total. The van der Waals surface area contributed by atoms with Gasteiger partial charge in [-0.15, -0.1) is 24.0 Å². The number of benzene rings is 1. The fraction of sp³-hybridized carbons (Fsp3) is 0.667. The molecule has 2 aliphatic rings. The third-order valence-electron chi connectivity index (χ3n) is 5.62. The van der Waals surface area contributed by atoms with Crippen LogP contribution in [0.25, 0.3) is 0 Å². The van der Waals surface area contributed by atoms with Crippen molar-refractivity contribution < 1.29 is 17.9 Å². The first-order valence-electron chi connectivity index (χ1n) is 10.4. The minimum Gasteiger partial charge on any atom is -0.370 e. The lowest BCUT2D eigenvalue weighted by molar-refractivity contribution is -0.137. The molecule has 2 saturated heterocycles. The molecule has 0 bridgehead atoms. The van der Waals surface area contributed by atoms with Crippen LogP contribution in [0.3, 0.4) is 0 Å². The molecule has 0 amide bonds. The van der Waals surface area contributed by atoms with E-state index in [9.17, 15) is 13.2 Å². The van der Waals surface area contributed by atoms with Gasteiger partial charge in [0.2, 0.25) is 0 Å². The summed E-state index contributed by atoms with van der Waals surface area (Å²) in [6, 6.07) is 5.43. The molecule has 5 nitrogen and oxygen atoms in total. The highest BCUT2D eigenvalue weighted by Gasteiger charge is 2.32. The number of nitrogens with one attached hydrogen (secondary N) is 1. The lowest BCUT2D eigenvalue weighted by Gasteiger charge is -2.36. The van der Waals surface area contributed by atoms with Crippen LogP contribution in [0.1, 0.15) is 37.0 Å². The van der Waals surface area contributed by atoms with E-state index in [1.807, 2.05) is 6.92 Å². The Morgan fingerprint density at radius 1 is 1.23 bits per heavy atom. The third-order valence-corrected chi connectivity index (χ3v) is 5.62. The zero-order valence-electron chi connectivity index (χ0n) is 17.6. The average molecular weight is 540 g/mol. The summed E-state index contributed by atoms with van der Waals surface area (Å²) in [4.78, 5) is 9.29. The molecular formula is C21H32F3IN4O. The van der Waals surface area contributed by atoms with E-state index in [4.69, 9.17) is 9.73 Å². The van der Waals surface area contributed by atoms with Gasteiger partial charge in [0.25, 0.3) is 0 Å². The second-order valence-corrected chi connectivity index (χ2v) is 7.87. The summed E-state index contributed by atoms with van der Waals surface area (Å²) in [5, 5.41) is 3.34. The molecule has 0 spiro atoms. The molecule has 0 radical (unpaired) electrons. The van der Waals surface area contributed by atoms with Crippen LogP contribution in [0.15, 0.2) is 29.3 Å². The van der Waals surface area contributed by atoms with Crippen LogP contribution in [-0.2, 0) is 10.9 Å². The summed E-state index contributed by atoms with van der Waals surface area (Å²) in [7, 11) is 2.14. The van der Waals surface area contributed by atoms with Crippen molar-refractivity contribution in [3.63, 3.8) is 0 Å². The van der Waals surface area contributed by atoms with Crippen LogP contribution in [0.5, 0.6) is 0 Å². The van der Waals surface area contributed by atoms with Crippen LogP contribution in [0.4, 0.5) is 13.2 Å². The van der Waals surface area contributed by atoms with Crippen LogP contribution >= 0.6 is 24.0 Å². The van der Waals surface area contributed by atoms with Gasteiger partial charge in [0.1, 0.15) is 6.10 Å². The van der Waals surface area contributed by atoms with Gasteiger partial charge >= 0.3 is 6.18 Å². The van der Waals surface area contributed by atoms with E-state index in [0.29, 0.717) is 31.2 Å². The molecule has 170 valence electrons. The number of ether oxygens (including phenoxy) is 1. The number of nitrogens with zero attached hydrogens (tertiary/aromatic N) is 3. The Hall–Kier alpha value is -1.07. The maximum Gasteiger partial charge on any atom is 0.416 e. The van der Waals surface area contributed by atoms with E-state index in [0.717, 1.165) is 51.0 Å². The standard InChI is InChI=1S/C21H31F3N4O.HI/c1-3-25-20(26-14-16-7-9-27(2)10-8-16)28-11-12-29-19(15-28)17-5-4-6-18(13-17)21(22,23)24;/h4-6,13,16,19H,3,7-12,14-15H2,1-2H3,(H,25,26);1H. The van der Waals surface area contributed by atoms with E-state index in [2.05, 4.69) is 22.2 Å². The Balaban J connectivity index is 0.00000320. The molecule has 1 unspecified atom stereocenters. The number of aliphatic imine (C=N–C) groups is 1. The quantitative estimate of drug-likeness (QED) is 0.356. The first-order chi connectivity index (χ1) is 13.9. The second kappa shape index (κ2) is 11.5. The SMILES string of the molecule is CCNC(=NCC1CCN(C)CC1)N1CCOC(c2cccc(C(F)(F)F)c2)C1.I. The van der Waals surface area contributed by atoms with Gasteiger partial charge in [0, 0.05) is 19.6 Å². The second-order valence-electron chi connectivity index (χ2n) is 7.87. The van der Waals surface area contributed by atoms with Crippen LogP contribution in [0, 0.1) is 5.92 Å². The van der Waals surface area contributed by atoms with Crippen molar-refractivity contribution >= 4 is 29.9 Å². The molecule has 0 saturated carbocycles. The maximum atomic E-state index is 13.1. The van der Waals surface area contributed by atoms with Gasteiger partial charge < -0.3 is 19.9 Å². The number of hydrogen-bond acceptors (Lipinski definition) is 3. The van der Waals surface area contributed by atoms with Crippen molar-refractivity contribution in [3.05, 3.63) is 35.4 Å². The summed E-state index contributed by atoms with van der Waals surface area (Å²) in [5.74, 6) is 1.41.